The maximum atomic E-state index is 12.2. The van der Waals surface area contributed by atoms with E-state index in [-0.39, 0.29) is 10.6 Å². The third-order valence-electron chi connectivity index (χ3n) is 2.85. The first-order chi connectivity index (χ1) is 9.82. The van der Waals surface area contributed by atoms with Crippen LogP contribution in [0.25, 0.3) is 0 Å². The second-order valence-electron chi connectivity index (χ2n) is 4.58. The van der Waals surface area contributed by atoms with Gasteiger partial charge in [-0.15, -0.1) is 0 Å². The molecule has 1 amide bonds. The maximum absolute atomic E-state index is 12.2. The molecule has 0 atom stereocenters. The number of anilines is 1. The Morgan fingerprint density at radius 1 is 1.33 bits per heavy atom. The summed E-state index contributed by atoms with van der Waals surface area (Å²) in [5.74, 6) is -0.471. The molecule has 21 heavy (non-hydrogen) atoms. The fraction of sp³-hybridized carbons (Fsp3) is 0.250. The number of nitrogens with one attached hydrogen (secondary N) is 2. The van der Waals surface area contributed by atoms with Crippen LogP contribution in [-0.4, -0.2) is 48.1 Å². The number of carbonyl (C=O) groups excluding carboxylic acids is 1. The molecule has 0 aliphatic rings. The summed E-state index contributed by atoms with van der Waals surface area (Å²) in [4.78, 5) is 12.0. The first-order valence-electron chi connectivity index (χ1n) is 6.02. The zero-order valence-corrected chi connectivity index (χ0v) is 12.6. The minimum Gasteiger partial charge on any atom is -0.321 e. The summed E-state index contributed by atoms with van der Waals surface area (Å²) >= 11 is 0. The molecule has 0 saturated heterocycles. The van der Waals surface area contributed by atoms with Gasteiger partial charge in [0.1, 0.15) is 0 Å². The number of H-pyrrole nitrogens is 1. The molecule has 0 spiro atoms. The number of nitrogens with zero attached hydrogens (tertiary/aromatic N) is 3. The highest BCUT2D eigenvalue weighted by Crippen LogP contribution is 2.22. The Kier molecular flexibility index (Phi) is 4.05. The molecule has 1 heterocycles. The molecular formula is C12H15N5O3S. The van der Waals surface area contributed by atoms with Gasteiger partial charge in [0.05, 0.1) is 11.1 Å². The molecule has 0 fully saturated rings. The Balaban J connectivity index is 2.34. The summed E-state index contributed by atoms with van der Waals surface area (Å²) in [6, 6.07) is 4.68. The molecule has 1 aromatic heterocycles. The van der Waals surface area contributed by atoms with Crippen molar-refractivity contribution in [3.05, 3.63) is 35.7 Å². The Hall–Kier alpha value is -2.26. The van der Waals surface area contributed by atoms with Gasteiger partial charge in [0.25, 0.3) is 5.91 Å². The fourth-order valence-electron chi connectivity index (χ4n) is 1.66. The highest BCUT2D eigenvalue weighted by Gasteiger charge is 2.20. The van der Waals surface area contributed by atoms with E-state index < -0.39 is 15.9 Å². The van der Waals surface area contributed by atoms with Crippen molar-refractivity contribution in [2.75, 3.05) is 19.4 Å². The van der Waals surface area contributed by atoms with Crippen LogP contribution in [0.5, 0.6) is 0 Å². The van der Waals surface area contributed by atoms with Gasteiger partial charge in [-0.05, 0) is 24.6 Å². The summed E-state index contributed by atoms with van der Waals surface area (Å²) in [6.45, 7) is 1.69. The fourth-order valence-corrected chi connectivity index (χ4v) is 2.80. The smallest absolute Gasteiger partial charge is 0.277 e. The standard InChI is InChI=1S/C12H15N5O3S/c1-8-4-5-9(6-11(8)21(19,20)17(2)3)14-12(18)10-7-13-16-15-10/h4-7H,1-3H3,(H,14,18)(H,13,15,16). The topological polar surface area (TPSA) is 108 Å². The van der Waals surface area contributed by atoms with E-state index >= 15 is 0 Å². The number of benzene rings is 1. The van der Waals surface area contributed by atoms with Gasteiger partial charge in [-0.25, -0.2) is 12.7 Å². The summed E-state index contributed by atoms with van der Waals surface area (Å²) in [5, 5.41) is 12.1. The van der Waals surface area contributed by atoms with Gasteiger partial charge in [0.2, 0.25) is 10.0 Å². The number of amides is 1. The lowest BCUT2D eigenvalue weighted by atomic mass is 10.2. The molecule has 0 saturated carbocycles. The van der Waals surface area contributed by atoms with Crippen LogP contribution in [0.3, 0.4) is 0 Å². The lowest BCUT2D eigenvalue weighted by Gasteiger charge is -2.14. The molecule has 2 N–H and O–H groups in total. The number of hydrogen-bond acceptors (Lipinski definition) is 5. The van der Waals surface area contributed by atoms with Crippen LogP contribution in [0, 0.1) is 6.92 Å². The van der Waals surface area contributed by atoms with E-state index in [1.807, 2.05) is 0 Å². The van der Waals surface area contributed by atoms with Crippen molar-refractivity contribution in [3.63, 3.8) is 0 Å². The third kappa shape index (κ3) is 3.09. The van der Waals surface area contributed by atoms with Crippen LogP contribution >= 0.6 is 0 Å². The average molecular weight is 309 g/mol. The molecular weight excluding hydrogens is 294 g/mol. The number of aryl methyl sites for hydroxylation is 1. The maximum Gasteiger partial charge on any atom is 0.277 e. The van der Waals surface area contributed by atoms with Crippen molar-refractivity contribution in [2.24, 2.45) is 0 Å². The zero-order chi connectivity index (χ0) is 15.6. The van der Waals surface area contributed by atoms with Crippen molar-refractivity contribution in [2.45, 2.75) is 11.8 Å². The Labute approximate surface area is 122 Å². The molecule has 0 unspecified atom stereocenters. The van der Waals surface area contributed by atoms with E-state index in [2.05, 4.69) is 20.7 Å². The minimum atomic E-state index is -3.57. The second-order valence-corrected chi connectivity index (χ2v) is 6.70. The monoisotopic (exact) mass is 309 g/mol. The molecule has 112 valence electrons. The molecule has 0 radical (unpaired) electrons. The van der Waals surface area contributed by atoms with Crippen LogP contribution in [-0.2, 0) is 10.0 Å². The Morgan fingerprint density at radius 2 is 2.05 bits per heavy atom. The lowest BCUT2D eigenvalue weighted by molar-refractivity contribution is 0.102. The summed E-state index contributed by atoms with van der Waals surface area (Å²) in [5.41, 5.74) is 1.09. The molecule has 0 aliphatic heterocycles. The molecule has 0 bridgehead atoms. The van der Waals surface area contributed by atoms with Gasteiger partial charge in [-0.3, -0.25) is 4.79 Å². The van der Waals surface area contributed by atoms with Crippen LogP contribution in [0.15, 0.2) is 29.3 Å². The number of carbonyl (C=O) groups is 1. The first kappa shape index (κ1) is 15.1. The van der Waals surface area contributed by atoms with Gasteiger partial charge >= 0.3 is 0 Å². The summed E-state index contributed by atoms with van der Waals surface area (Å²) < 4.78 is 25.5. The molecule has 0 aliphatic carbocycles. The third-order valence-corrected chi connectivity index (χ3v) is 4.81. The van der Waals surface area contributed by atoms with E-state index in [9.17, 15) is 13.2 Å². The zero-order valence-electron chi connectivity index (χ0n) is 11.8. The molecule has 1 aromatic carbocycles. The second kappa shape index (κ2) is 5.62. The average Bonchev–Trinajstić information content (AvgIpc) is 2.94. The van der Waals surface area contributed by atoms with E-state index in [0.29, 0.717) is 11.3 Å². The van der Waals surface area contributed by atoms with Crippen LogP contribution < -0.4 is 5.32 Å². The van der Waals surface area contributed by atoms with Crippen molar-refractivity contribution in [3.8, 4) is 0 Å². The number of aromatic nitrogens is 3. The normalized spacial score (nSPS) is 11.6. The number of rotatable bonds is 4. The SMILES string of the molecule is Cc1ccc(NC(=O)c2cn[nH]n2)cc1S(=O)(=O)N(C)C. The van der Waals surface area contributed by atoms with Crippen LogP contribution in [0.1, 0.15) is 16.1 Å². The van der Waals surface area contributed by atoms with E-state index in [1.165, 1.54) is 26.4 Å². The quantitative estimate of drug-likeness (QED) is 0.860. The van der Waals surface area contributed by atoms with E-state index in [0.717, 1.165) is 4.31 Å². The van der Waals surface area contributed by atoms with Gasteiger partial charge in [-0.1, -0.05) is 6.07 Å². The number of sulfonamides is 1. The van der Waals surface area contributed by atoms with Crippen molar-refractivity contribution in [1.29, 1.82) is 0 Å². The van der Waals surface area contributed by atoms with Gasteiger partial charge in [0, 0.05) is 19.8 Å². The predicted octanol–water partition coefficient (Wildman–Crippen LogP) is 0.616. The summed E-state index contributed by atoms with van der Waals surface area (Å²) in [7, 11) is -0.664. The largest absolute Gasteiger partial charge is 0.321 e. The van der Waals surface area contributed by atoms with Crippen LogP contribution in [0.2, 0.25) is 0 Å². The number of hydrogen-bond donors (Lipinski definition) is 2. The number of aromatic amines is 1. The van der Waals surface area contributed by atoms with Crippen LogP contribution in [0.4, 0.5) is 5.69 Å². The van der Waals surface area contributed by atoms with E-state index in [4.69, 9.17) is 0 Å². The molecule has 2 aromatic rings. The van der Waals surface area contributed by atoms with Crippen molar-refractivity contribution < 1.29 is 13.2 Å². The Bertz CT molecular complexity index is 753. The predicted molar refractivity (Wildman–Crippen MR) is 76.4 cm³/mol. The molecule has 8 nitrogen and oxygen atoms in total. The van der Waals surface area contributed by atoms with E-state index in [1.54, 1.807) is 19.1 Å². The Morgan fingerprint density at radius 3 is 2.62 bits per heavy atom. The lowest BCUT2D eigenvalue weighted by Crippen LogP contribution is -2.23. The van der Waals surface area contributed by atoms with Gasteiger partial charge in [-0.2, -0.15) is 15.4 Å². The molecule has 2 rings (SSSR count). The van der Waals surface area contributed by atoms with Crippen molar-refractivity contribution in [1.82, 2.24) is 19.7 Å². The minimum absolute atomic E-state index is 0.118. The van der Waals surface area contributed by atoms with Gasteiger partial charge in [0.15, 0.2) is 5.69 Å². The molecule has 9 heteroatoms. The van der Waals surface area contributed by atoms with Crippen molar-refractivity contribution >= 4 is 21.6 Å². The highest BCUT2D eigenvalue weighted by molar-refractivity contribution is 7.89. The van der Waals surface area contributed by atoms with Gasteiger partial charge < -0.3 is 5.32 Å². The summed E-state index contributed by atoms with van der Waals surface area (Å²) in [6.07, 6.45) is 1.28. The first-order valence-corrected chi connectivity index (χ1v) is 7.46. The highest BCUT2D eigenvalue weighted by atomic mass is 32.2.